The van der Waals surface area contributed by atoms with Gasteiger partial charge in [0.25, 0.3) is 11.9 Å². The number of alkyl halides is 2. The van der Waals surface area contributed by atoms with Crippen molar-refractivity contribution in [2.24, 2.45) is 5.41 Å². The van der Waals surface area contributed by atoms with Gasteiger partial charge < -0.3 is 19.1 Å². The summed E-state index contributed by atoms with van der Waals surface area (Å²) in [5.74, 6) is 0.644. The molecular weight excluding hydrogens is 454 g/mol. The highest BCUT2D eigenvalue weighted by atomic mass is 19.1. The molecule has 0 aliphatic carbocycles. The van der Waals surface area contributed by atoms with E-state index < -0.39 is 18.8 Å². The number of hydrogen-bond acceptors (Lipinski definition) is 7. The van der Waals surface area contributed by atoms with Crippen LogP contribution in [0.2, 0.25) is 0 Å². The molecule has 2 aliphatic heterocycles. The molecule has 2 fully saturated rings. The van der Waals surface area contributed by atoms with Gasteiger partial charge in [0, 0.05) is 56.6 Å². The average molecular weight is 485 g/mol. The van der Waals surface area contributed by atoms with Crippen LogP contribution in [0.25, 0.3) is 11.2 Å². The Balaban J connectivity index is 1.23. The lowest BCUT2D eigenvalue weighted by molar-refractivity contribution is 0.0744. The molecule has 186 valence electrons. The van der Waals surface area contributed by atoms with E-state index >= 15 is 0 Å². The van der Waals surface area contributed by atoms with Crippen molar-refractivity contribution < 1.29 is 18.0 Å². The maximum Gasteiger partial charge on any atom is 0.300 e. The first-order valence-corrected chi connectivity index (χ1v) is 12.0. The summed E-state index contributed by atoms with van der Waals surface area (Å²) in [5, 5.41) is 0. The predicted octanol–water partition coefficient (Wildman–Crippen LogP) is 3.72. The molecule has 35 heavy (non-hydrogen) atoms. The molecule has 0 radical (unpaired) electrons. The van der Waals surface area contributed by atoms with Crippen molar-refractivity contribution in [1.82, 2.24) is 19.9 Å². The highest BCUT2D eigenvalue weighted by Crippen LogP contribution is 2.37. The van der Waals surface area contributed by atoms with Gasteiger partial charge in [0.2, 0.25) is 5.65 Å². The fraction of sp³-hybridized carbons (Fsp3) is 0.520. The number of aromatic nitrogens is 3. The van der Waals surface area contributed by atoms with Gasteiger partial charge in [-0.1, -0.05) is 0 Å². The van der Waals surface area contributed by atoms with Crippen molar-refractivity contribution in [2.45, 2.75) is 26.7 Å². The molecule has 3 aromatic heterocycles. The smallest absolute Gasteiger partial charge is 0.300 e. The highest BCUT2D eigenvalue weighted by molar-refractivity contribution is 5.95. The Bertz CT molecular complexity index is 1230. The fourth-order valence-electron chi connectivity index (χ4n) is 4.96. The Labute approximate surface area is 202 Å². The number of oxazole rings is 1. The van der Waals surface area contributed by atoms with E-state index in [1.165, 1.54) is 0 Å². The molecule has 0 N–H and O–H groups in total. The number of halogens is 2. The first-order valence-electron chi connectivity index (χ1n) is 12.0. The first kappa shape index (κ1) is 23.4. The zero-order valence-electron chi connectivity index (χ0n) is 20.1. The fourth-order valence-corrected chi connectivity index (χ4v) is 4.96. The lowest BCUT2D eigenvalue weighted by Crippen LogP contribution is -2.49. The van der Waals surface area contributed by atoms with Crippen molar-refractivity contribution in [2.75, 3.05) is 62.4 Å². The van der Waals surface area contributed by atoms with E-state index in [0.717, 1.165) is 11.3 Å². The summed E-state index contributed by atoms with van der Waals surface area (Å²) in [7, 11) is 0. The SMILES string of the molecule is Cc1ccc2oc(N3CCN(C(=O)c4cnc(N5CCC(CF)(CCF)C5)cc4C)CC3)nc2n1. The highest BCUT2D eigenvalue weighted by Gasteiger charge is 2.38. The van der Waals surface area contributed by atoms with E-state index in [0.29, 0.717) is 74.3 Å². The Kier molecular flexibility index (Phi) is 6.29. The summed E-state index contributed by atoms with van der Waals surface area (Å²) < 4.78 is 32.4. The molecular formula is C25H30F2N6O2. The number of rotatable bonds is 6. The Morgan fingerprint density at radius 2 is 1.89 bits per heavy atom. The number of piperazine rings is 1. The summed E-state index contributed by atoms with van der Waals surface area (Å²) in [6, 6.07) is 6.16. The second-order valence-electron chi connectivity index (χ2n) is 9.65. The molecule has 1 amide bonds. The third kappa shape index (κ3) is 4.53. The second-order valence-corrected chi connectivity index (χ2v) is 9.65. The molecule has 1 atom stereocenters. The Morgan fingerprint density at radius 3 is 2.60 bits per heavy atom. The average Bonchev–Trinajstić information content (AvgIpc) is 3.49. The van der Waals surface area contributed by atoms with Crippen LogP contribution in [0.4, 0.5) is 20.6 Å². The van der Waals surface area contributed by atoms with Gasteiger partial charge in [-0.25, -0.2) is 9.97 Å². The zero-order valence-corrected chi connectivity index (χ0v) is 20.1. The van der Waals surface area contributed by atoms with E-state index in [-0.39, 0.29) is 12.3 Å². The van der Waals surface area contributed by atoms with Crippen LogP contribution in [0.1, 0.15) is 34.5 Å². The number of carbonyl (C=O) groups excluding carboxylic acids is 1. The predicted molar refractivity (Wildman–Crippen MR) is 129 cm³/mol. The summed E-state index contributed by atoms with van der Waals surface area (Å²) >= 11 is 0. The van der Waals surface area contributed by atoms with Gasteiger partial charge in [-0.15, -0.1) is 0 Å². The van der Waals surface area contributed by atoms with Gasteiger partial charge in [-0.2, -0.15) is 4.98 Å². The van der Waals surface area contributed by atoms with Crippen LogP contribution in [0, 0.1) is 19.3 Å². The maximum absolute atomic E-state index is 13.6. The van der Waals surface area contributed by atoms with Gasteiger partial charge in [-0.05, 0) is 50.5 Å². The number of fused-ring (bicyclic) bond motifs is 1. The van der Waals surface area contributed by atoms with Gasteiger partial charge in [-0.3, -0.25) is 13.6 Å². The molecule has 10 heteroatoms. The van der Waals surface area contributed by atoms with Crippen molar-refractivity contribution >= 4 is 29.0 Å². The molecule has 8 nitrogen and oxygen atoms in total. The van der Waals surface area contributed by atoms with Crippen LogP contribution in [0.5, 0.6) is 0 Å². The number of carbonyl (C=O) groups is 1. The molecule has 2 aliphatic rings. The van der Waals surface area contributed by atoms with E-state index in [9.17, 15) is 13.6 Å². The summed E-state index contributed by atoms with van der Waals surface area (Å²) in [6.45, 7) is 6.13. The molecule has 3 aromatic rings. The van der Waals surface area contributed by atoms with Crippen molar-refractivity contribution in [3.8, 4) is 0 Å². The lowest BCUT2D eigenvalue weighted by atomic mass is 9.86. The van der Waals surface area contributed by atoms with Crippen LogP contribution in [-0.4, -0.2) is 78.4 Å². The van der Waals surface area contributed by atoms with Crippen molar-refractivity contribution in [3.05, 3.63) is 41.2 Å². The first-order chi connectivity index (χ1) is 16.9. The Hall–Kier alpha value is -3.30. The minimum absolute atomic E-state index is 0.0620. The molecule has 5 rings (SSSR count). The molecule has 0 saturated carbocycles. The number of hydrogen-bond donors (Lipinski definition) is 0. The monoisotopic (exact) mass is 484 g/mol. The maximum atomic E-state index is 13.6. The van der Waals surface area contributed by atoms with Crippen LogP contribution in [-0.2, 0) is 0 Å². The van der Waals surface area contributed by atoms with E-state index in [1.807, 2.05) is 46.7 Å². The minimum atomic E-state index is -0.637. The second kappa shape index (κ2) is 9.39. The molecule has 0 spiro atoms. The van der Waals surface area contributed by atoms with E-state index in [1.54, 1.807) is 6.20 Å². The van der Waals surface area contributed by atoms with Crippen LogP contribution in [0.15, 0.2) is 28.8 Å². The molecule has 0 bridgehead atoms. The number of aryl methyl sites for hydroxylation is 2. The van der Waals surface area contributed by atoms with Crippen LogP contribution in [0.3, 0.4) is 0 Å². The normalized spacial score (nSPS) is 20.7. The molecule has 1 unspecified atom stereocenters. The minimum Gasteiger partial charge on any atom is -0.422 e. The lowest BCUT2D eigenvalue weighted by Gasteiger charge is -2.34. The van der Waals surface area contributed by atoms with E-state index in [4.69, 9.17) is 4.42 Å². The number of amides is 1. The topological polar surface area (TPSA) is 78.6 Å². The van der Waals surface area contributed by atoms with Gasteiger partial charge in [0.1, 0.15) is 5.82 Å². The van der Waals surface area contributed by atoms with E-state index in [2.05, 4.69) is 15.0 Å². The molecule has 0 aromatic carbocycles. The van der Waals surface area contributed by atoms with Crippen molar-refractivity contribution in [3.63, 3.8) is 0 Å². The van der Waals surface area contributed by atoms with Gasteiger partial charge >= 0.3 is 0 Å². The molecule has 5 heterocycles. The van der Waals surface area contributed by atoms with Crippen molar-refractivity contribution in [1.29, 1.82) is 0 Å². The van der Waals surface area contributed by atoms with Gasteiger partial charge in [0.15, 0.2) is 5.58 Å². The standard InChI is InChI=1S/C25H30F2N6O2/c1-17-13-21(33-8-6-25(15-27,16-33)5-7-26)28-14-19(17)23(34)31-9-11-32(12-10-31)24-30-22-20(35-24)4-3-18(2)29-22/h3-4,13-14H,5-12,15-16H2,1-2H3. The summed E-state index contributed by atoms with van der Waals surface area (Å²) in [6.07, 6.45) is 2.44. The number of nitrogens with zero attached hydrogens (tertiary/aromatic N) is 6. The van der Waals surface area contributed by atoms with Crippen LogP contribution >= 0.6 is 0 Å². The number of anilines is 2. The largest absolute Gasteiger partial charge is 0.422 e. The third-order valence-electron chi connectivity index (χ3n) is 7.22. The summed E-state index contributed by atoms with van der Waals surface area (Å²) in [4.78, 5) is 32.5. The van der Waals surface area contributed by atoms with Gasteiger partial charge in [0.05, 0.1) is 18.9 Å². The quantitative estimate of drug-likeness (QED) is 0.528. The third-order valence-corrected chi connectivity index (χ3v) is 7.22. The number of pyridine rings is 2. The Morgan fingerprint density at radius 1 is 1.09 bits per heavy atom. The van der Waals surface area contributed by atoms with Crippen LogP contribution < -0.4 is 9.80 Å². The molecule has 2 saturated heterocycles. The zero-order chi connectivity index (χ0) is 24.6. The summed E-state index contributed by atoms with van der Waals surface area (Å²) in [5.41, 5.74) is 2.87.